The number of aliphatic hydroxyl groups is 1. The van der Waals surface area contributed by atoms with Crippen LogP contribution < -0.4 is 0 Å². The molecule has 0 aromatic carbocycles. The van der Waals surface area contributed by atoms with Crippen molar-refractivity contribution in [3.63, 3.8) is 0 Å². The van der Waals surface area contributed by atoms with Gasteiger partial charge < -0.3 is 5.11 Å². The molecule has 1 unspecified atom stereocenters. The standard InChI is InChI=1S/C4H10O5S/c1-2-4(5)3-9-10(6,7)8/h4-5H,2-3H2,1H3,(H,6,7,8). The van der Waals surface area contributed by atoms with Crippen molar-refractivity contribution in [3.8, 4) is 0 Å². The van der Waals surface area contributed by atoms with Gasteiger partial charge in [-0.3, -0.25) is 4.55 Å². The van der Waals surface area contributed by atoms with E-state index in [1.54, 1.807) is 6.92 Å². The van der Waals surface area contributed by atoms with E-state index in [2.05, 4.69) is 4.18 Å². The fraction of sp³-hybridized carbons (Fsp3) is 1.00. The molecule has 0 radical (unpaired) electrons. The minimum absolute atomic E-state index is 0.384. The summed E-state index contributed by atoms with van der Waals surface area (Å²) in [6, 6.07) is 0. The van der Waals surface area contributed by atoms with Gasteiger partial charge in [-0.15, -0.1) is 0 Å². The van der Waals surface area contributed by atoms with Gasteiger partial charge in [0.2, 0.25) is 0 Å². The number of hydrogen-bond acceptors (Lipinski definition) is 4. The Morgan fingerprint density at radius 2 is 2.10 bits per heavy atom. The lowest BCUT2D eigenvalue weighted by Crippen LogP contribution is -2.17. The Labute approximate surface area is 59.6 Å². The summed E-state index contributed by atoms with van der Waals surface area (Å²) in [5, 5.41) is 8.72. The topological polar surface area (TPSA) is 83.8 Å². The van der Waals surface area contributed by atoms with E-state index in [1.807, 2.05) is 0 Å². The smallest absolute Gasteiger partial charge is 0.391 e. The molecule has 0 rings (SSSR count). The maximum atomic E-state index is 9.87. The number of aliphatic hydroxyl groups excluding tert-OH is 1. The fourth-order valence-corrected chi connectivity index (χ4v) is 0.611. The Balaban J connectivity index is 3.56. The van der Waals surface area contributed by atoms with Crippen LogP contribution in [-0.4, -0.2) is 30.8 Å². The van der Waals surface area contributed by atoms with Gasteiger partial charge >= 0.3 is 10.4 Å². The molecule has 10 heavy (non-hydrogen) atoms. The summed E-state index contributed by atoms with van der Waals surface area (Å²) >= 11 is 0. The van der Waals surface area contributed by atoms with E-state index in [0.717, 1.165) is 0 Å². The van der Waals surface area contributed by atoms with Crippen molar-refractivity contribution in [1.29, 1.82) is 0 Å². The highest BCUT2D eigenvalue weighted by Gasteiger charge is 2.07. The van der Waals surface area contributed by atoms with Gasteiger partial charge in [0.1, 0.15) is 0 Å². The predicted molar refractivity (Wildman–Crippen MR) is 33.8 cm³/mol. The first-order valence-electron chi connectivity index (χ1n) is 2.75. The first kappa shape index (κ1) is 9.83. The maximum Gasteiger partial charge on any atom is 0.397 e. The van der Waals surface area contributed by atoms with Crippen molar-refractivity contribution in [2.24, 2.45) is 0 Å². The molecule has 0 fully saturated rings. The highest BCUT2D eigenvalue weighted by molar-refractivity contribution is 7.80. The molecule has 6 heteroatoms. The molecule has 0 aliphatic rings. The normalized spacial score (nSPS) is 15.1. The molecular weight excluding hydrogens is 160 g/mol. The van der Waals surface area contributed by atoms with Crippen LogP contribution in [-0.2, 0) is 14.6 Å². The Kier molecular flexibility index (Phi) is 3.80. The van der Waals surface area contributed by atoms with Crippen molar-refractivity contribution in [3.05, 3.63) is 0 Å². The Hall–Kier alpha value is -0.170. The molecule has 2 N–H and O–H groups in total. The lowest BCUT2D eigenvalue weighted by atomic mass is 10.3. The van der Waals surface area contributed by atoms with Crippen molar-refractivity contribution < 1.29 is 22.3 Å². The molecule has 0 bridgehead atoms. The first-order chi connectivity index (χ1) is 4.45. The highest BCUT2D eigenvalue weighted by atomic mass is 32.3. The molecule has 0 spiro atoms. The van der Waals surface area contributed by atoms with Crippen LogP contribution in [0.25, 0.3) is 0 Å². The van der Waals surface area contributed by atoms with E-state index in [0.29, 0.717) is 6.42 Å². The molecule has 0 saturated heterocycles. The van der Waals surface area contributed by atoms with Gasteiger partial charge in [-0.25, -0.2) is 4.18 Å². The summed E-state index contributed by atoms with van der Waals surface area (Å²) in [6.45, 7) is 1.27. The monoisotopic (exact) mass is 170 g/mol. The van der Waals surface area contributed by atoms with Crippen LogP contribution in [0, 0.1) is 0 Å². The summed E-state index contributed by atoms with van der Waals surface area (Å²) in [7, 11) is -4.39. The quantitative estimate of drug-likeness (QED) is 0.559. The third-order valence-electron chi connectivity index (χ3n) is 0.881. The molecule has 0 aromatic rings. The molecule has 0 amide bonds. The lowest BCUT2D eigenvalue weighted by Gasteiger charge is -2.04. The van der Waals surface area contributed by atoms with Crippen LogP contribution in [0.4, 0.5) is 0 Å². The second kappa shape index (κ2) is 3.87. The van der Waals surface area contributed by atoms with Crippen LogP contribution >= 0.6 is 0 Å². The van der Waals surface area contributed by atoms with E-state index < -0.39 is 23.1 Å². The zero-order chi connectivity index (χ0) is 8.20. The molecule has 5 nitrogen and oxygen atoms in total. The molecule has 0 heterocycles. The van der Waals surface area contributed by atoms with Crippen molar-refractivity contribution in [2.75, 3.05) is 6.61 Å². The van der Waals surface area contributed by atoms with E-state index in [-0.39, 0.29) is 0 Å². The Bertz CT molecular complexity index is 172. The van der Waals surface area contributed by atoms with Crippen LogP contribution in [0.5, 0.6) is 0 Å². The summed E-state index contributed by atoms with van der Waals surface area (Å²) < 4.78 is 31.6. The van der Waals surface area contributed by atoms with Crippen molar-refractivity contribution in [2.45, 2.75) is 19.4 Å². The minimum Gasteiger partial charge on any atom is -0.391 e. The molecule has 0 aliphatic heterocycles. The first-order valence-corrected chi connectivity index (χ1v) is 4.12. The molecule has 1 atom stereocenters. The lowest BCUT2D eigenvalue weighted by molar-refractivity contribution is 0.0998. The average molecular weight is 170 g/mol. The van der Waals surface area contributed by atoms with Gasteiger partial charge in [0.05, 0.1) is 12.7 Å². The van der Waals surface area contributed by atoms with Gasteiger partial charge in [-0.1, -0.05) is 6.92 Å². The fourth-order valence-electron chi connectivity index (χ4n) is 0.282. The van der Waals surface area contributed by atoms with Crippen molar-refractivity contribution in [1.82, 2.24) is 0 Å². The third-order valence-corrected chi connectivity index (χ3v) is 1.31. The summed E-state index contributed by atoms with van der Waals surface area (Å²) in [5.74, 6) is 0. The van der Waals surface area contributed by atoms with Gasteiger partial charge in [-0.05, 0) is 6.42 Å². The Morgan fingerprint density at radius 1 is 1.60 bits per heavy atom. The van der Waals surface area contributed by atoms with Crippen LogP contribution in [0.15, 0.2) is 0 Å². The highest BCUT2D eigenvalue weighted by Crippen LogP contribution is 1.93. The van der Waals surface area contributed by atoms with Gasteiger partial charge in [-0.2, -0.15) is 8.42 Å². The second-order valence-electron chi connectivity index (χ2n) is 1.77. The van der Waals surface area contributed by atoms with Crippen LogP contribution in [0.2, 0.25) is 0 Å². The number of hydrogen-bond donors (Lipinski definition) is 2. The predicted octanol–water partition coefficient (Wildman–Crippen LogP) is -0.423. The van der Waals surface area contributed by atoms with E-state index in [9.17, 15) is 8.42 Å². The molecular formula is C4H10O5S. The molecule has 0 aliphatic carbocycles. The largest absolute Gasteiger partial charge is 0.397 e. The van der Waals surface area contributed by atoms with Gasteiger partial charge in [0.25, 0.3) is 0 Å². The average Bonchev–Trinajstić information content (AvgIpc) is 1.81. The van der Waals surface area contributed by atoms with E-state index in [4.69, 9.17) is 9.66 Å². The SMILES string of the molecule is CCC(O)COS(=O)(=O)O. The molecule has 0 saturated carbocycles. The second-order valence-corrected chi connectivity index (χ2v) is 2.87. The van der Waals surface area contributed by atoms with E-state index >= 15 is 0 Å². The summed E-state index contributed by atoms with van der Waals surface area (Å²) in [5.41, 5.74) is 0. The maximum absolute atomic E-state index is 9.87. The van der Waals surface area contributed by atoms with Crippen molar-refractivity contribution >= 4 is 10.4 Å². The summed E-state index contributed by atoms with van der Waals surface area (Å²) in [6.07, 6.45) is -0.461. The van der Waals surface area contributed by atoms with Gasteiger partial charge in [0, 0.05) is 0 Å². The number of rotatable bonds is 4. The van der Waals surface area contributed by atoms with E-state index in [1.165, 1.54) is 0 Å². The minimum atomic E-state index is -4.39. The summed E-state index contributed by atoms with van der Waals surface area (Å²) in [4.78, 5) is 0. The van der Waals surface area contributed by atoms with Gasteiger partial charge in [0.15, 0.2) is 0 Å². The third kappa shape index (κ3) is 5.96. The van der Waals surface area contributed by atoms with Crippen LogP contribution in [0.3, 0.4) is 0 Å². The van der Waals surface area contributed by atoms with Crippen LogP contribution in [0.1, 0.15) is 13.3 Å². The zero-order valence-corrected chi connectivity index (χ0v) is 6.34. The molecule has 62 valence electrons. The Morgan fingerprint density at radius 3 is 2.40 bits per heavy atom. The zero-order valence-electron chi connectivity index (χ0n) is 5.52. The molecule has 0 aromatic heterocycles.